The molecule has 0 spiro atoms. The van der Waals surface area contributed by atoms with E-state index in [-0.39, 0.29) is 11.8 Å². The monoisotopic (exact) mass is 401 g/mol. The van der Waals surface area contributed by atoms with E-state index in [0.717, 1.165) is 12.1 Å². The lowest BCUT2D eigenvalue weighted by Crippen LogP contribution is -2.37. The molecule has 0 N–H and O–H groups in total. The Morgan fingerprint density at radius 3 is 2.15 bits per heavy atom. The first-order valence-electron chi connectivity index (χ1n) is 8.55. The number of sulfonamides is 1. The van der Waals surface area contributed by atoms with E-state index < -0.39 is 27.6 Å². The normalized spacial score (nSPS) is 18.7. The highest BCUT2D eigenvalue weighted by Crippen LogP contribution is 2.30. The average Bonchev–Trinajstić information content (AvgIpc) is 3.06. The van der Waals surface area contributed by atoms with Crippen LogP contribution < -0.4 is 0 Å². The van der Waals surface area contributed by atoms with Crippen LogP contribution in [0.4, 0.5) is 17.6 Å². The van der Waals surface area contributed by atoms with Gasteiger partial charge >= 0.3 is 6.18 Å². The summed E-state index contributed by atoms with van der Waals surface area (Å²) in [5, 5.41) is 0. The van der Waals surface area contributed by atoms with Gasteiger partial charge in [-0.05, 0) is 54.7 Å². The molecule has 1 heterocycles. The van der Waals surface area contributed by atoms with E-state index in [1.54, 1.807) is 0 Å². The van der Waals surface area contributed by atoms with Crippen LogP contribution in [0.5, 0.6) is 0 Å². The summed E-state index contributed by atoms with van der Waals surface area (Å²) in [5.74, 6) is -0.658. The zero-order valence-corrected chi connectivity index (χ0v) is 15.2. The summed E-state index contributed by atoms with van der Waals surface area (Å²) in [6.45, 7) is 0.384. The van der Waals surface area contributed by atoms with Gasteiger partial charge in [0.2, 0.25) is 10.0 Å². The average molecular weight is 401 g/mol. The molecule has 0 bridgehead atoms. The van der Waals surface area contributed by atoms with E-state index in [1.807, 2.05) is 0 Å². The molecule has 27 heavy (non-hydrogen) atoms. The fraction of sp³-hybridized carbons (Fsp3) is 0.368. The fourth-order valence-electron chi connectivity index (χ4n) is 3.36. The van der Waals surface area contributed by atoms with Crippen molar-refractivity contribution < 1.29 is 26.0 Å². The maximum atomic E-state index is 13.0. The molecular formula is C19H19F4NO2S. The second kappa shape index (κ2) is 7.59. The predicted molar refractivity (Wildman–Crippen MR) is 93.9 cm³/mol. The zero-order valence-electron chi connectivity index (χ0n) is 14.4. The Bertz CT molecular complexity index is 877. The van der Waals surface area contributed by atoms with Crippen molar-refractivity contribution in [1.29, 1.82) is 0 Å². The first-order chi connectivity index (χ1) is 12.6. The summed E-state index contributed by atoms with van der Waals surface area (Å²) < 4.78 is 77.9. The third kappa shape index (κ3) is 4.87. The second-order valence-corrected chi connectivity index (χ2v) is 8.61. The summed E-state index contributed by atoms with van der Waals surface area (Å²) in [7, 11) is -3.60. The van der Waals surface area contributed by atoms with E-state index in [4.69, 9.17) is 0 Å². The van der Waals surface area contributed by atoms with Gasteiger partial charge in [-0.1, -0.05) is 24.3 Å². The van der Waals surface area contributed by atoms with Crippen LogP contribution in [0.2, 0.25) is 0 Å². The number of halogens is 4. The number of benzene rings is 2. The van der Waals surface area contributed by atoms with Gasteiger partial charge in [0, 0.05) is 12.6 Å². The molecule has 146 valence electrons. The molecule has 0 amide bonds. The molecule has 3 rings (SSSR count). The second-order valence-electron chi connectivity index (χ2n) is 6.69. The van der Waals surface area contributed by atoms with Crippen molar-refractivity contribution in [2.24, 2.45) is 0 Å². The number of rotatable bonds is 5. The van der Waals surface area contributed by atoms with E-state index in [1.165, 1.54) is 40.7 Å². The molecule has 2 aromatic rings. The fourth-order valence-corrected chi connectivity index (χ4v) is 5.18. The largest absolute Gasteiger partial charge is 0.416 e. The van der Waals surface area contributed by atoms with Gasteiger partial charge in [-0.2, -0.15) is 17.5 Å². The Morgan fingerprint density at radius 1 is 0.963 bits per heavy atom. The van der Waals surface area contributed by atoms with Crippen LogP contribution in [0.15, 0.2) is 48.5 Å². The number of alkyl halides is 3. The highest BCUT2D eigenvalue weighted by molar-refractivity contribution is 7.88. The molecular weight excluding hydrogens is 382 g/mol. The Hall–Kier alpha value is -1.93. The summed E-state index contributed by atoms with van der Waals surface area (Å²) >= 11 is 0. The van der Waals surface area contributed by atoms with E-state index >= 15 is 0 Å². The minimum absolute atomic E-state index is 0.225. The van der Waals surface area contributed by atoms with Gasteiger partial charge < -0.3 is 0 Å². The summed E-state index contributed by atoms with van der Waals surface area (Å²) in [4.78, 5) is 0. The van der Waals surface area contributed by atoms with Gasteiger partial charge in [0.25, 0.3) is 0 Å². The number of hydrogen-bond acceptors (Lipinski definition) is 2. The molecule has 1 aliphatic rings. The Morgan fingerprint density at radius 2 is 1.56 bits per heavy atom. The van der Waals surface area contributed by atoms with Crippen molar-refractivity contribution in [2.45, 2.75) is 37.2 Å². The van der Waals surface area contributed by atoms with Gasteiger partial charge in [0.1, 0.15) is 5.82 Å². The van der Waals surface area contributed by atoms with Crippen molar-refractivity contribution in [2.75, 3.05) is 6.54 Å². The standard InChI is InChI=1S/C19H19F4NO2S/c20-17-9-5-15(6-10-17)13-27(25,26)24-11-1-2-18(24)12-14-3-7-16(8-4-14)19(21,22)23/h3-10,18H,1-2,11-13H2. The van der Waals surface area contributed by atoms with Crippen molar-refractivity contribution in [1.82, 2.24) is 4.31 Å². The minimum atomic E-state index is -4.39. The van der Waals surface area contributed by atoms with Crippen LogP contribution in [0.25, 0.3) is 0 Å². The van der Waals surface area contributed by atoms with E-state index in [2.05, 4.69) is 0 Å². The SMILES string of the molecule is O=S(=O)(Cc1ccc(F)cc1)N1CCCC1Cc1ccc(C(F)(F)F)cc1. The summed E-state index contributed by atoms with van der Waals surface area (Å²) in [5.41, 5.74) is 0.437. The molecule has 2 aromatic carbocycles. The molecule has 0 aromatic heterocycles. The van der Waals surface area contributed by atoms with E-state index in [0.29, 0.717) is 36.9 Å². The minimum Gasteiger partial charge on any atom is -0.212 e. The molecule has 1 unspecified atom stereocenters. The molecule has 1 atom stereocenters. The zero-order chi connectivity index (χ0) is 19.7. The van der Waals surface area contributed by atoms with Gasteiger partial charge in [-0.3, -0.25) is 0 Å². The van der Waals surface area contributed by atoms with Crippen LogP contribution in [0.1, 0.15) is 29.5 Å². The molecule has 1 saturated heterocycles. The maximum Gasteiger partial charge on any atom is 0.416 e. The van der Waals surface area contributed by atoms with Crippen LogP contribution in [-0.2, 0) is 28.4 Å². The Kier molecular flexibility index (Phi) is 5.58. The smallest absolute Gasteiger partial charge is 0.212 e. The summed E-state index contributed by atoms with van der Waals surface area (Å²) in [6.07, 6.45) is -2.67. The molecule has 3 nitrogen and oxygen atoms in total. The van der Waals surface area contributed by atoms with Gasteiger partial charge in [-0.25, -0.2) is 12.8 Å². The lowest BCUT2D eigenvalue weighted by Gasteiger charge is -2.24. The predicted octanol–water partition coefficient (Wildman–Crippen LogP) is 4.38. The lowest BCUT2D eigenvalue weighted by molar-refractivity contribution is -0.137. The highest BCUT2D eigenvalue weighted by Gasteiger charge is 2.34. The topological polar surface area (TPSA) is 37.4 Å². The van der Waals surface area contributed by atoms with Crippen LogP contribution >= 0.6 is 0 Å². The first kappa shape index (κ1) is 19.8. The quantitative estimate of drug-likeness (QED) is 0.698. The van der Waals surface area contributed by atoms with Crippen LogP contribution in [-0.4, -0.2) is 25.3 Å². The van der Waals surface area contributed by atoms with Crippen molar-refractivity contribution >= 4 is 10.0 Å². The number of nitrogens with zero attached hydrogens (tertiary/aromatic N) is 1. The van der Waals surface area contributed by atoms with Gasteiger partial charge in [0.15, 0.2) is 0 Å². The Balaban J connectivity index is 1.71. The lowest BCUT2D eigenvalue weighted by atomic mass is 10.0. The van der Waals surface area contributed by atoms with Gasteiger partial charge in [-0.15, -0.1) is 0 Å². The number of hydrogen-bond donors (Lipinski definition) is 0. The highest BCUT2D eigenvalue weighted by atomic mass is 32.2. The molecule has 0 radical (unpaired) electrons. The first-order valence-corrected chi connectivity index (χ1v) is 10.2. The van der Waals surface area contributed by atoms with Crippen molar-refractivity contribution in [3.8, 4) is 0 Å². The van der Waals surface area contributed by atoms with Crippen molar-refractivity contribution in [3.05, 3.63) is 71.0 Å². The van der Waals surface area contributed by atoms with Crippen LogP contribution in [0, 0.1) is 5.82 Å². The maximum absolute atomic E-state index is 13.0. The van der Waals surface area contributed by atoms with Crippen molar-refractivity contribution in [3.63, 3.8) is 0 Å². The molecule has 0 aliphatic carbocycles. The molecule has 0 saturated carbocycles. The van der Waals surface area contributed by atoms with E-state index in [9.17, 15) is 26.0 Å². The molecule has 8 heteroatoms. The third-order valence-corrected chi connectivity index (χ3v) is 6.59. The van der Waals surface area contributed by atoms with Gasteiger partial charge in [0.05, 0.1) is 11.3 Å². The van der Waals surface area contributed by atoms with Crippen LogP contribution in [0.3, 0.4) is 0 Å². The third-order valence-electron chi connectivity index (χ3n) is 4.70. The molecule has 1 aliphatic heterocycles. The summed E-state index contributed by atoms with van der Waals surface area (Å²) in [6, 6.07) is 9.85. The Labute approximate surface area is 155 Å². The molecule has 1 fully saturated rings.